The number of carbonyl (C=O) groups is 1. The smallest absolute Gasteiger partial charge is 0.161 e. The molecule has 1 N–H and O–H groups in total. The maximum Gasteiger partial charge on any atom is 0.161 e. The largest absolute Gasteiger partial charge is 0.512 e. The van der Waals surface area contributed by atoms with Crippen molar-refractivity contribution in [2.45, 2.75) is 81.1 Å². The minimum Gasteiger partial charge on any atom is -0.512 e. The van der Waals surface area contributed by atoms with Crippen LogP contribution in [0.15, 0.2) is 66.6 Å². The zero-order valence-corrected chi connectivity index (χ0v) is 32.4. The molecule has 3 aromatic carbocycles. The number of rotatable bonds is 6. The van der Waals surface area contributed by atoms with Crippen LogP contribution in [0.3, 0.4) is 0 Å². The van der Waals surface area contributed by atoms with Crippen molar-refractivity contribution in [1.29, 1.82) is 0 Å². The van der Waals surface area contributed by atoms with Crippen LogP contribution in [0.2, 0.25) is 0 Å². The Balaban J connectivity index is 0.000000414. The molecule has 0 amide bonds. The number of aliphatic hydroxyl groups excluding tert-OH is 1. The molecule has 46 heavy (non-hydrogen) atoms. The number of hydrogen-bond acceptors (Lipinski definition) is 3. The number of fused-ring (bicyclic) bond motifs is 4. The molecule has 2 heterocycles. The predicted molar refractivity (Wildman–Crippen MR) is 195 cm³/mol. The average Bonchev–Trinajstić information content (AvgIpc) is 3.34. The molecular weight excluding hydrogens is 763 g/mol. The molecule has 0 aliphatic heterocycles. The van der Waals surface area contributed by atoms with Crippen molar-refractivity contribution in [3.8, 4) is 11.3 Å². The predicted octanol–water partition coefficient (Wildman–Crippen LogP) is 11.1. The van der Waals surface area contributed by atoms with Gasteiger partial charge in [-0.15, -0.1) is 34.4 Å². The van der Waals surface area contributed by atoms with Gasteiger partial charge >= 0.3 is 0 Å². The number of benzene rings is 3. The summed E-state index contributed by atoms with van der Waals surface area (Å²) < 4.78 is 4.72. The van der Waals surface area contributed by atoms with Crippen molar-refractivity contribution >= 4 is 48.1 Å². The Morgan fingerprint density at radius 3 is 2.09 bits per heavy atom. The third kappa shape index (κ3) is 7.71. The second kappa shape index (κ2) is 14.8. The first-order valence-corrected chi connectivity index (χ1v) is 16.9. The van der Waals surface area contributed by atoms with Crippen molar-refractivity contribution in [2.24, 2.45) is 17.8 Å². The summed E-state index contributed by atoms with van der Waals surface area (Å²) in [7, 11) is 4.41. The standard InChI is InChI=1S/C32H34NS.C9H16O2.Ir/c1-19(2)17-22-13-14-25-26-15-16-33(8)29(31(26)34-30(25)20(22)3)27-18-28(32(5,6)7)24-12-10-9-11-23(24)21(27)4;1-6(2)8(10)5-9(11)7(3)4;/h9-16,18-19H,4,8,17H2,1-3,5-7H3;5-7,10H,1-4H3;/q-1;;/b;8-5-;. The van der Waals surface area contributed by atoms with Gasteiger partial charge in [0.15, 0.2) is 5.78 Å². The number of aromatic nitrogens is 1. The van der Waals surface area contributed by atoms with E-state index >= 15 is 0 Å². The minimum atomic E-state index is -0.0316. The number of thiophene rings is 1. The van der Waals surface area contributed by atoms with Gasteiger partial charge in [0.05, 0.1) is 17.6 Å². The summed E-state index contributed by atoms with van der Waals surface area (Å²) in [5.74, 6) is 0.804. The monoisotopic (exact) mass is 813 g/mol. The maximum atomic E-state index is 11.0. The normalized spacial score (nSPS) is 12.2. The van der Waals surface area contributed by atoms with E-state index in [1.54, 1.807) is 0 Å². The molecule has 0 saturated heterocycles. The first-order chi connectivity index (χ1) is 21.0. The second-order valence-electron chi connectivity index (χ2n) is 14.3. The van der Waals surface area contributed by atoms with Crippen LogP contribution < -0.4 is 4.57 Å². The Kier molecular flexibility index (Phi) is 12.0. The molecule has 0 spiro atoms. The Bertz CT molecular complexity index is 1900. The quantitative estimate of drug-likeness (QED) is 0.0803. The minimum absolute atomic E-state index is 0. The molecule has 3 nitrogen and oxygen atoms in total. The van der Waals surface area contributed by atoms with E-state index in [4.69, 9.17) is 0 Å². The van der Waals surface area contributed by atoms with Crippen molar-refractivity contribution in [3.05, 3.63) is 103 Å². The van der Waals surface area contributed by atoms with Crippen LogP contribution >= 0.6 is 11.3 Å². The van der Waals surface area contributed by atoms with Crippen LogP contribution in [0.4, 0.5) is 0 Å². The van der Waals surface area contributed by atoms with E-state index in [1.807, 2.05) is 43.6 Å². The summed E-state index contributed by atoms with van der Waals surface area (Å²) in [6, 6.07) is 17.9. The summed E-state index contributed by atoms with van der Waals surface area (Å²) in [6.07, 6.45) is 4.53. The van der Waals surface area contributed by atoms with Gasteiger partial charge in [-0.1, -0.05) is 104 Å². The van der Waals surface area contributed by atoms with E-state index in [0.29, 0.717) is 5.92 Å². The van der Waals surface area contributed by atoms with Gasteiger partial charge in [-0.25, -0.2) is 0 Å². The molecule has 0 atom stereocenters. The van der Waals surface area contributed by atoms with Gasteiger partial charge < -0.3 is 9.67 Å². The van der Waals surface area contributed by atoms with Crippen LogP contribution in [0.5, 0.6) is 0 Å². The van der Waals surface area contributed by atoms with Gasteiger partial charge in [0.2, 0.25) is 0 Å². The number of nitrogens with zero attached hydrogens (tertiary/aromatic N) is 1. The van der Waals surface area contributed by atoms with Crippen molar-refractivity contribution in [3.63, 3.8) is 0 Å². The number of aliphatic hydroxyl groups is 1. The zero-order valence-electron chi connectivity index (χ0n) is 29.2. The molecule has 0 fully saturated rings. The van der Waals surface area contributed by atoms with E-state index in [0.717, 1.165) is 17.7 Å². The fourth-order valence-corrected chi connectivity index (χ4v) is 7.14. The van der Waals surface area contributed by atoms with E-state index in [2.05, 4.69) is 110 Å². The first-order valence-electron chi connectivity index (χ1n) is 16.1. The van der Waals surface area contributed by atoms with Crippen LogP contribution in [0.25, 0.3) is 42.2 Å². The third-order valence-corrected chi connectivity index (χ3v) is 9.83. The summed E-state index contributed by atoms with van der Waals surface area (Å²) in [4.78, 5) is 11.0. The molecule has 1 radical (unpaired) electrons. The summed E-state index contributed by atoms with van der Waals surface area (Å²) in [5.41, 5.74) is 7.64. The van der Waals surface area contributed by atoms with Crippen molar-refractivity contribution in [2.75, 3.05) is 0 Å². The van der Waals surface area contributed by atoms with Crippen LogP contribution in [-0.2, 0) is 36.7 Å². The average molecular weight is 813 g/mol. The fraction of sp³-hybridized carbons (Fsp3) is 0.366. The van der Waals surface area contributed by atoms with Crippen LogP contribution in [0.1, 0.15) is 84.6 Å². The summed E-state index contributed by atoms with van der Waals surface area (Å²) in [6.45, 7) is 25.6. The van der Waals surface area contributed by atoms with E-state index < -0.39 is 0 Å². The molecule has 0 aliphatic carbocycles. The number of allylic oxidation sites excluding steroid dienone is 2. The van der Waals surface area contributed by atoms with Crippen LogP contribution in [0, 0.1) is 38.6 Å². The fourth-order valence-electron chi connectivity index (χ4n) is 5.75. The Hall–Kier alpha value is -3.11. The van der Waals surface area contributed by atoms with Crippen molar-refractivity contribution in [1.82, 2.24) is 0 Å². The van der Waals surface area contributed by atoms with Gasteiger partial charge in [0.25, 0.3) is 0 Å². The molecule has 5 heteroatoms. The van der Waals surface area contributed by atoms with E-state index in [-0.39, 0.29) is 48.9 Å². The molecule has 0 saturated carbocycles. The summed E-state index contributed by atoms with van der Waals surface area (Å²) >= 11 is 1.90. The second-order valence-corrected chi connectivity index (χ2v) is 15.4. The zero-order chi connectivity index (χ0) is 33.4. The van der Waals surface area contributed by atoms with Gasteiger partial charge in [-0.3, -0.25) is 4.79 Å². The van der Waals surface area contributed by atoms with Gasteiger partial charge in [-0.2, -0.15) is 12.5 Å². The number of ketones is 1. The molecule has 2 aromatic heterocycles. The van der Waals surface area contributed by atoms with Gasteiger partial charge in [0.1, 0.15) is 0 Å². The van der Waals surface area contributed by atoms with Gasteiger partial charge in [0, 0.05) is 54.5 Å². The summed E-state index contributed by atoms with van der Waals surface area (Å²) in [5, 5.41) is 14.3. The third-order valence-electron chi connectivity index (χ3n) is 8.48. The molecule has 5 rings (SSSR count). The maximum absolute atomic E-state index is 11.0. The molecule has 0 unspecified atom stereocenters. The van der Waals surface area contributed by atoms with Gasteiger partial charge in [-0.05, 0) is 52.6 Å². The molecule has 0 aliphatic rings. The molecular formula is C41H50IrNO2S-. The van der Waals surface area contributed by atoms with Crippen molar-refractivity contribution < 1.29 is 34.6 Å². The number of pyridine rings is 1. The van der Waals surface area contributed by atoms with Crippen LogP contribution in [-0.4, -0.2) is 10.9 Å². The topological polar surface area (TPSA) is 41.2 Å². The first kappa shape index (κ1) is 37.3. The molecule has 0 bridgehead atoms. The van der Waals surface area contributed by atoms with E-state index in [9.17, 15) is 9.90 Å². The molecule has 247 valence electrons. The number of aryl methyl sites for hydroxylation is 1. The Morgan fingerprint density at radius 1 is 0.913 bits per heavy atom. The molecule has 5 aromatic rings. The SMILES string of the molecule is CC(C)C(=O)/C=C(\O)C(C)C.[CH2-]c1c(-c2c3sc4c(C)c(CC(C)C)ccc4c3cc[n+]2[CH2-])cc(C(C)(C)C)c2ccccc12.[Ir]. The number of carbonyl (C=O) groups excluding carboxylic acids is 1. The van der Waals surface area contributed by atoms with E-state index in [1.165, 1.54) is 59.3 Å². The Morgan fingerprint density at radius 2 is 1.52 bits per heavy atom. The Labute approximate surface area is 294 Å². The number of hydrogen-bond donors (Lipinski definition) is 1.